The third-order valence-electron chi connectivity index (χ3n) is 4.35. The monoisotopic (exact) mass is 356 g/mol. The number of amides is 1. The molecule has 0 aliphatic rings. The zero-order valence-corrected chi connectivity index (χ0v) is 15.6. The maximum absolute atomic E-state index is 12.4. The highest BCUT2D eigenvalue weighted by atomic mass is 16.5. The molecule has 26 heavy (non-hydrogen) atoms. The van der Waals surface area contributed by atoms with E-state index in [1.54, 1.807) is 7.11 Å². The minimum absolute atomic E-state index is 0.0233. The Balaban J connectivity index is 1.61. The Labute approximate surface area is 152 Å². The van der Waals surface area contributed by atoms with Crippen LogP contribution >= 0.6 is 0 Å². The van der Waals surface area contributed by atoms with E-state index in [0.29, 0.717) is 37.7 Å². The number of aryl methyl sites for hydroxylation is 3. The standard InChI is InChI=1S/C19H24N4O3/c1-11-7-12(2)19-15(8-11)14(13(3)21-19)9-17(24)20-6-5-18-22-16(10-25-4)23-26-18/h7-8,21H,5-6,9-10H2,1-4H3,(H,20,24). The lowest BCUT2D eigenvalue weighted by molar-refractivity contribution is -0.120. The van der Waals surface area contributed by atoms with E-state index in [9.17, 15) is 4.79 Å². The molecule has 0 radical (unpaired) electrons. The lowest BCUT2D eigenvalue weighted by Crippen LogP contribution is -2.27. The van der Waals surface area contributed by atoms with Gasteiger partial charge in [-0.3, -0.25) is 4.79 Å². The number of nitrogens with one attached hydrogen (secondary N) is 2. The van der Waals surface area contributed by atoms with Crippen LogP contribution in [0.5, 0.6) is 0 Å². The van der Waals surface area contributed by atoms with Crippen LogP contribution in [0.25, 0.3) is 10.9 Å². The molecule has 138 valence electrons. The number of rotatable bonds is 7. The Kier molecular flexibility index (Phi) is 5.37. The SMILES string of the molecule is COCc1noc(CCNC(=O)Cc2c(C)[nH]c3c(C)cc(C)cc23)n1. The summed E-state index contributed by atoms with van der Waals surface area (Å²) in [4.78, 5) is 19.9. The van der Waals surface area contributed by atoms with Crippen molar-refractivity contribution in [2.24, 2.45) is 0 Å². The van der Waals surface area contributed by atoms with Gasteiger partial charge in [0.2, 0.25) is 11.8 Å². The van der Waals surface area contributed by atoms with E-state index in [2.05, 4.69) is 46.4 Å². The van der Waals surface area contributed by atoms with Crippen molar-refractivity contribution in [2.45, 2.75) is 40.2 Å². The fourth-order valence-corrected chi connectivity index (χ4v) is 3.18. The van der Waals surface area contributed by atoms with Gasteiger partial charge in [-0.05, 0) is 38.0 Å². The van der Waals surface area contributed by atoms with E-state index in [-0.39, 0.29) is 5.91 Å². The summed E-state index contributed by atoms with van der Waals surface area (Å²) in [6, 6.07) is 4.27. The van der Waals surface area contributed by atoms with Crippen molar-refractivity contribution in [1.82, 2.24) is 20.4 Å². The number of nitrogens with zero attached hydrogens (tertiary/aromatic N) is 2. The van der Waals surface area contributed by atoms with Crippen molar-refractivity contribution < 1.29 is 14.1 Å². The molecule has 7 nitrogen and oxygen atoms in total. The molecule has 1 aromatic carbocycles. The molecule has 3 aromatic rings. The number of fused-ring (bicyclic) bond motifs is 1. The molecule has 0 fully saturated rings. The molecule has 2 aromatic heterocycles. The predicted octanol–water partition coefficient (Wildman–Crippen LogP) is 2.52. The van der Waals surface area contributed by atoms with Gasteiger partial charge in [0.15, 0.2) is 5.82 Å². The van der Waals surface area contributed by atoms with E-state index in [1.807, 2.05) is 6.92 Å². The minimum Gasteiger partial charge on any atom is -0.377 e. The van der Waals surface area contributed by atoms with Gasteiger partial charge in [-0.1, -0.05) is 16.8 Å². The van der Waals surface area contributed by atoms with Crippen LogP contribution in [-0.4, -0.2) is 34.7 Å². The van der Waals surface area contributed by atoms with Gasteiger partial charge in [0.25, 0.3) is 0 Å². The van der Waals surface area contributed by atoms with Crippen molar-refractivity contribution in [1.29, 1.82) is 0 Å². The number of hydrogen-bond acceptors (Lipinski definition) is 5. The van der Waals surface area contributed by atoms with Gasteiger partial charge in [0, 0.05) is 36.7 Å². The number of methoxy groups -OCH3 is 1. The van der Waals surface area contributed by atoms with Gasteiger partial charge in [-0.2, -0.15) is 4.98 Å². The average Bonchev–Trinajstić information content (AvgIpc) is 3.14. The first-order chi connectivity index (χ1) is 12.5. The molecule has 0 aliphatic carbocycles. The number of ether oxygens (including phenoxy) is 1. The van der Waals surface area contributed by atoms with Crippen LogP contribution in [0.15, 0.2) is 16.7 Å². The van der Waals surface area contributed by atoms with Gasteiger partial charge >= 0.3 is 0 Å². The van der Waals surface area contributed by atoms with Crippen LogP contribution in [0, 0.1) is 20.8 Å². The molecule has 0 saturated heterocycles. The number of carbonyl (C=O) groups excluding carboxylic acids is 1. The smallest absolute Gasteiger partial charge is 0.228 e. The van der Waals surface area contributed by atoms with E-state index in [4.69, 9.17) is 9.26 Å². The van der Waals surface area contributed by atoms with E-state index in [1.165, 1.54) is 11.1 Å². The Morgan fingerprint density at radius 2 is 2.12 bits per heavy atom. The summed E-state index contributed by atoms with van der Waals surface area (Å²) in [5, 5.41) is 7.84. The van der Waals surface area contributed by atoms with Crippen LogP contribution in [0.2, 0.25) is 0 Å². The zero-order chi connectivity index (χ0) is 18.7. The summed E-state index contributed by atoms with van der Waals surface area (Å²) in [7, 11) is 1.58. The van der Waals surface area contributed by atoms with Crippen LogP contribution in [0.1, 0.15) is 34.1 Å². The second kappa shape index (κ2) is 7.70. The third kappa shape index (κ3) is 3.94. The summed E-state index contributed by atoms with van der Waals surface area (Å²) in [6.07, 6.45) is 0.834. The molecule has 0 bridgehead atoms. The van der Waals surface area contributed by atoms with Gasteiger partial charge in [0.1, 0.15) is 6.61 Å². The maximum atomic E-state index is 12.4. The number of carbonyl (C=O) groups is 1. The number of benzene rings is 1. The number of hydrogen-bond donors (Lipinski definition) is 2. The van der Waals surface area contributed by atoms with Gasteiger partial charge in [-0.25, -0.2) is 0 Å². The maximum Gasteiger partial charge on any atom is 0.228 e. The highest BCUT2D eigenvalue weighted by molar-refractivity contribution is 5.92. The van der Waals surface area contributed by atoms with Crippen molar-refractivity contribution in [3.8, 4) is 0 Å². The third-order valence-corrected chi connectivity index (χ3v) is 4.35. The second-order valence-electron chi connectivity index (χ2n) is 6.55. The minimum atomic E-state index is -0.0233. The topological polar surface area (TPSA) is 93.0 Å². The molecule has 0 spiro atoms. The summed E-state index contributed by atoms with van der Waals surface area (Å²) in [5.74, 6) is 0.977. The highest BCUT2D eigenvalue weighted by Gasteiger charge is 2.14. The van der Waals surface area contributed by atoms with E-state index >= 15 is 0 Å². The zero-order valence-electron chi connectivity index (χ0n) is 15.6. The summed E-state index contributed by atoms with van der Waals surface area (Å²) < 4.78 is 10.1. The van der Waals surface area contributed by atoms with Crippen molar-refractivity contribution >= 4 is 16.8 Å². The predicted molar refractivity (Wildman–Crippen MR) is 97.9 cm³/mol. The second-order valence-corrected chi connectivity index (χ2v) is 6.55. The molecule has 1 amide bonds. The van der Waals surface area contributed by atoms with Crippen LogP contribution in [-0.2, 0) is 29.0 Å². The first-order valence-corrected chi connectivity index (χ1v) is 8.63. The van der Waals surface area contributed by atoms with Crippen molar-refractivity contribution in [3.05, 3.63) is 46.2 Å². The Bertz CT molecular complexity index is 926. The van der Waals surface area contributed by atoms with Gasteiger partial charge in [-0.15, -0.1) is 0 Å². The first kappa shape index (κ1) is 18.1. The molecule has 3 rings (SSSR count). The molecule has 0 saturated carbocycles. The molecule has 0 atom stereocenters. The molecule has 2 N–H and O–H groups in total. The Morgan fingerprint density at radius 3 is 2.88 bits per heavy atom. The average molecular weight is 356 g/mol. The molecular weight excluding hydrogens is 332 g/mol. The van der Waals surface area contributed by atoms with Crippen molar-refractivity contribution in [3.63, 3.8) is 0 Å². The quantitative estimate of drug-likeness (QED) is 0.678. The lowest BCUT2D eigenvalue weighted by Gasteiger charge is -2.05. The number of aromatic nitrogens is 3. The number of aromatic amines is 1. The van der Waals surface area contributed by atoms with E-state index in [0.717, 1.165) is 22.2 Å². The summed E-state index contributed by atoms with van der Waals surface area (Å²) in [6.45, 7) is 6.92. The largest absolute Gasteiger partial charge is 0.377 e. The lowest BCUT2D eigenvalue weighted by atomic mass is 10.0. The first-order valence-electron chi connectivity index (χ1n) is 8.63. The molecule has 0 unspecified atom stereocenters. The fraction of sp³-hybridized carbons (Fsp3) is 0.421. The Morgan fingerprint density at radius 1 is 1.31 bits per heavy atom. The van der Waals surface area contributed by atoms with E-state index < -0.39 is 0 Å². The fourth-order valence-electron chi connectivity index (χ4n) is 3.18. The number of H-pyrrole nitrogens is 1. The normalized spacial score (nSPS) is 11.2. The van der Waals surface area contributed by atoms with Crippen LogP contribution in [0.4, 0.5) is 0 Å². The van der Waals surface area contributed by atoms with Gasteiger partial charge in [0.05, 0.1) is 6.42 Å². The van der Waals surface area contributed by atoms with Crippen LogP contribution in [0.3, 0.4) is 0 Å². The van der Waals surface area contributed by atoms with Crippen LogP contribution < -0.4 is 5.32 Å². The van der Waals surface area contributed by atoms with Crippen molar-refractivity contribution in [2.75, 3.05) is 13.7 Å². The molecular formula is C19H24N4O3. The Hall–Kier alpha value is -2.67. The molecule has 0 aliphatic heterocycles. The molecule has 7 heteroatoms. The highest BCUT2D eigenvalue weighted by Crippen LogP contribution is 2.26. The molecule has 2 heterocycles. The van der Waals surface area contributed by atoms with Gasteiger partial charge < -0.3 is 19.6 Å². The summed E-state index contributed by atoms with van der Waals surface area (Å²) >= 11 is 0. The summed E-state index contributed by atoms with van der Waals surface area (Å²) in [5.41, 5.74) is 5.57.